The van der Waals surface area contributed by atoms with Gasteiger partial charge >= 0.3 is 0 Å². The number of carbonyl (C=O) groups excluding carboxylic acids is 1. The van der Waals surface area contributed by atoms with Gasteiger partial charge in [0.25, 0.3) is 0 Å². The second-order valence-electron chi connectivity index (χ2n) is 4.63. The summed E-state index contributed by atoms with van der Waals surface area (Å²) in [6, 6.07) is 1.15. The number of rotatable bonds is 6. The second-order valence-corrected chi connectivity index (χ2v) is 4.63. The zero-order valence-corrected chi connectivity index (χ0v) is 12.4. The molecule has 1 rings (SSSR count). The van der Waals surface area contributed by atoms with E-state index in [1.165, 1.54) is 12.8 Å². The number of hydrogen-bond donors (Lipinski definition) is 2. The lowest BCUT2D eigenvalue weighted by Crippen LogP contribution is -2.43. The molecule has 0 aromatic rings. The fourth-order valence-electron chi connectivity index (χ4n) is 1.52. The van der Waals surface area contributed by atoms with Crippen LogP contribution in [0, 0.1) is 5.92 Å². The van der Waals surface area contributed by atoms with E-state index in [0.29, 0.717) is 12.6 Å². The number of carbonyl (C=O) groups is 1. The van der Waals surface area contributed by atoms with Gasteiger partial charge in [0.15, 0.2) is 0 Å². The molecule has 4 nitrogen and oxygen atoms in total. The highest BCUT2D eigenvalue weighted by Crippen LogP contribution is 2.26. The molecule has 0 heterocycles. The molecule has 0 radical (unpaired) electrons. The summed E-state index contributed by atoms with van der Waals surface area (Å²) in [5.41, 5.74) is 5.43. The maximum atomic E-state index is 11.5. The minimum absolute atomic E-state index is 0. The largest absolute Gasteiger partial charge is 0.354 e. The minimum atomic E-state index is -0.0802. The van der Waals surface area contributed by atoms with Crippen LogP contribution in [-0.2, 0) is 4.79 Å². The molecule has 0 aromatic heterocycles. The fourth-order valence-corrected chi connectivity index (χ4v) is 1.52. The molecule has 3 N–H and O–H groups in total. The highest BCUT2D eigenvalue weighted by Gasteiger charge is 2.29. The zero-order chi connectivity index (χ0) is 11.4. The number of halogens is 2. The molecule has 1 saturated carbocycles. The number of hydrogen-bond acceptors (Lipinski definition) is 3. The number of nitrogens with one attached hydrogen (secondary N) is 1. The maximum Gasteiger partial charge on any atom is 0.224 e. The zero-order valence-electron chi connectivity index (χ0n) is 10.8. The van der Waals surface area contributed by atoms with Crippen molar-refractivity contribution < 1.29 is 4.79 Å². The molecule has 2 unspecified atom stereocenters. The van der Waals surface area contributed by atoms with Gasteiger partial charge in [0.1, 0.15) is 0 Å². The monoisotopic (exact) mass is 285 g/mol. The van der Waals surface area contributed by atoms with E-state index < -0.39 is 0 Å². The molecule has 0 saturated heterocycles. The summed E-state index contributed by atoms with van der Waals surface area (Å²) in [6.45, 7) is 5.13. The van der Waals surface area contributed by atoms with Gasteiger partial charge in [-0.3, -0.25) is 9.69 Å². The van der Waals surface area contributed by atoms with Crippen molar-refractivity contribution in [1.82, 2.24) is 10.2 Å². The Morgan fingerprint density at radius 1 is 1.41 bits per heavy atom. The number of amides is 1. The highest BCUT2D eigenvalue weighted by atomic mass is 35.5. The predicted octanol–water partition coefficient (Wildman–Crippen LogP) is 1.02. The van der Waals surface area contributed by atoms with E-state index in [-0.39, 0.29) is 36.6 Å². The quantitative estimate of drug-likeness (QED) is 0.766. The molecule has 17 heavy (non-hydrogen) atoms. The van der Waals surface area contributed by atoms with Crippen molar-refractivity contribution >= 4 is 30.7 Å². The Morgan fingerprint density at radius 3 is 2.35 bits per heavy atom. The third-order valence-corrected chi connectivity index (χ3v) is 3.19. The van der Waals surface area contributed by atoms with Crippen molar-refractivity contribution in [3.05, 3.63) is 0 Å². The van der Waals surface area contributed by atoms with Crippen molar-refractivity contribution in [2.45, 2.75) is 38.8 Å². The Hall–Kier alpha value is -0.0300. The van der Waals surface area contributed by atoms with E-state index in [1.54, 1.807) is 0 Å². The summed E-state index contributed by atoms with van der Waals surface area (Å²) >= 11 is 0. The molecular weight excluding hydrogens is 261 g/mol. The van der Waals surface area contributed by atoms with Crippen molar-refractivity contribution in [2.24, 2.45) is 11.7 Å². The first kappa shape index (κ1) is 19.3. The minimum Gasteiger partial charge on any atom is -0.354 e. The van der Waals surface area contributed by atoms with E-state index in [4.69, 9.17) is 5.73 Å². The van der Waals surface area contributed by atoms with Gasteiger partial charge in [-0.05, 0) is 26.8 Å². The van der Waals surface area contributed by atoms with Crippen LogP contribution in [0.3, 0.4) is 0 Å². The molecule has 1 aliphatic rings. The first-order valence-corrected chi connectivity index (χ1v) is 5.76. The van der Waals surface area contributed by atoms with Crippen LogP contribution >= 0.6 is 24.8 Å². The van der Waals surface area contributed by atoms with Crippen LogP contribution in [0.1, 0.15) is 26.7 Å². The molecule has 6 heteroatoms. The van der Waals surface area contributed by atoms with E-state index >= 15 is 0 Å². The Bertz CT molecular complexity index is 225. The maximum absolute atomic E-state index is 11.5. The van der Waals surface area contributed by atoms with Crippen LogP contribution < -0.4 is 11.1 Å². The lowest BCUT2D eigenvalue weighted by Gasteiger charge is -2.25. The second kappa shape index (κ2) is 8.97. The van der Waals surface area contributed by atoms with Gasteiger partial charge in [-0.25, -0.2) is 0 Å². The average Bonchev–Trinajstić information content (AvgIpc) is 3.06. The molecule has 0 bridgehead atoms. The summed E-state index contributed by atoms with van der Waals surface area (Å²) in [6.07, 6.45) is 2.60. The number of nitrogens with two attached hydrogens (primary N) is 1. The summed E-state index contributed by atoms with van der Waals surface area (Å²) in [5.74, 6) is -0.0167. The SMILES string of the molecule is CC(CN)C(=O)NCC(C)N(C)C1CC1.Cl.Cl. The smallest absolute Gasteiger partial charge is 0.224 e. The highest BCUT2D eigenvalue weighted by molar-refractivity contribution is 5.85. The van der Waals surface area contributed by atoms with Crippen LogP contribution in [0.5, 0.6) is 0 Å². The Labute approximate surface area is 117 Å². The first-order chi connectivity index (χ1) is 7.06. The molecule has 104 valence electrons. The normalized spacial score (nSPS) is 17.7. The number of likely N-dealkylation sites (N-methyl/N-ethyl adjacent to an activating group) is 1. The third kappa shape index (κ3) is 6.46. The molecule has 1 amide bonds. The first-order valence-electron chi connectivity index (χ1n) is 5.76. The molecule has 0 spiro atoms. The predicted molar refractivity (Wildman–Crippen MR) is 76.0 cm³/mol. The van der Waals surface area contributed by atoms with Crippen molar-refractivity contribution in [3.63, 3.8) is 0 Å². The topological polar surface area (TPSA) is 58.4 Å². The molecule has 1 fully saturated rings. The van der Waals surface area contributed by atoms with Gasteiger partial charge in [-0.1, -0.05) is 6.92 Å². The summed E-state index contributed by atoms with van der Waals surface area (Å²) in [5, 5.41) is 2.94. The Balaban J connectivity index is 0. The van der Waals surface area contributed by atoms with Crippen molar-refractivity contribution in [1.29, 1.82) is 0 Å². The van der Waals surface area contributed by atoms with Crippen molar-refractivity contribution in [3.8, 4) is 0 Å². The molecular formula is C11H25Cl2N3O. The van der Waals surface area contributed by atoms with Gasteiger partial charge in [0, 0.05) is 31.1 Å². The number of nitrogens with zero attached hydrogens (tertiary/aromatic N) is 1. The fraction of sp³-hybridized carbons (Fsp3) is 0.909. The molecule has 0 aromatic carbocycles. The lowest BCUT2D eigenvalue weighted by atomic mass is 10.1. The van der Waals surface area contributed by atoms with Gasteiger partial charge in [0.2, 0.25) is 5.91 Å². The molecule has 1 aliphatic carbocycles. The van der Waals surface area contributed by atoms with Gasteiger partial charge < -0.3 is 11.1 Å². The van der Waals surface area contributed by atoms with Crippen LogP contribution in [-0.4, -0.2) is 43.0 Å². The van der Waals surface area contributed by atoms with E-state index in [0.717, 1.165) is 12.6 Å². The van der Waals surface area contributed by atoms with Crippen LogP contribution in [0.2, 0.25) is 0 Å². The standard InChI is InChI=1S/C11H23N3O.2ClH/c1-8(6-12)11(15)13-7-9(2)14(3)10-4-5-10;;/h8-10H,4-7,12H2,1-3H3,(H,13,15);2*1H. The Morgan fingerprint density at radius 2 is 1.94 bits per heavy atom. The summed E-state index contributed by atoms with van der Waals surface area (Å²) in [7, 11) is 2.13. The lowest BCUT2D eigenvalue weighted by molar-refractivity contribution is -0.124. The van der Waals surface area contributed by atoms with E-state index in [9.17, 15) is 4.79 Å². The molecule has 2 atom stereocenters. The Kier molecular flexibility index (Phi) is 10.2. The van der Waals surface area contributed by atoms with Crippen LogP contribution in [0.4, 0.5) is 0 Å². The van der Waals surface area contributed by atoms with Gasteiger partial charge in [-0.2, -0.15) is 0 Å². The van der Waals surface area contributed by atoms with Gasteiger partial charge in [0.05, 0.1) is 0 Å². The average molecular weight is 286 g/mol. The molecule has 0 aliphatic heterocycles. The summed E-state index contributed by atoms with van der Waals surface area (Å²) in [4.78, 5) is 13.8. The van der Waals surface area contributed by atoms with Gasteiger partial charge in [-0.15, -0.1) is 24.8 Å². The van der Waals surface area contributed by atoms with E-state index in [2.05, 4.69) is 24.2 Å². The third-order valence-electron chi connectivity index (χ3n) is 3.19. The van der Waals surface area contributed by atoms with Crippen LogP contribution in [0.15, 0.2) is 0 Å². The summed E-state index contributed by atoms with van der Waals surface area (Å²) < 4.78 is 0. The van der Waals surface area contributed by atoms with Crippen molar-refractivity contribution in [2.75, 3.05) is 20.1 Å². The van der Waals surface area contributed by atoms with Crippen LogP contribution in [0.25, 0.3) is 0 Å². The van der Waals surface area contributed by atoms with E-state index in [1.807, 2.05) is 6.92 Å².